The molecule has 0 heterocycles. The SMILES string of the molecule is [B]B([B])B(B([B])[B])B(B(B([B])[B])B([B])[B])B(B(B(B([B])[B])B([B])[B])B(B([B])[B])B([B])[B])B(B(B(B([B])[B])B([B])[B])B(B([B])[B])B([B])[B])B(B(B(B([B])[B])B([B])[B])B(B([B])[B])B([B])[B])B(B(B([B])[B])B([B])[B])B(B([B])[B])B([B])S. The van der Waals surface area contributed by atoms with Crippen LogP contribution >= 0.6 is 12.5 Å². The molecular formula is HB77S. The summed E-state index contributed by atoms with van der Waals surface area (Å²) < 4.78 is 0. The Kier molecular flexibility index (Phi) is 40.9. The highest BCUT2D eigenvalue weighted by molar-refractivity contribution is 8.43. The lowest BCUT2D eigenvalue weighted by atomic mass is 8.20. The van der Waals surface area contributed by atoms with E-state index in [-0.39, 0.29) is 0 Å². The minimum absolute atomic E-state index is 1.46. The van der Waals surface area contributed by atoms with Crippen LogP contribution in [0.25, 0.3) is 0 Å². The maximum absolute atomic E-state index is 6.92. The Hall–Kier alpha value is 5.35. The van der Waals surface area contributed by atoms with Crippen molar-refractivity contribution >= 4 is 556 Å². The Bertz CT molecular complexity index is 1170. The smallest absolute Gasteiger partial charge is 0.107 e. The van der Waals surface area contributed by atoms with E-state index < -0.39 is 242 Å². The molecule has 238 valence electrons. The fourth-order valence-electron chi connectivity index (χ4n) is 13.8. The Morgan fingerprint density at radius 2 is 0.167 bits per heavy atom. The summed E-state index contributed by atoms with van der Waals surface area (Å²) in [5.41, 5.74) is 0. The first-order chi connectivity index (χ1) is 35.4. The molecule has 0 aromatic rings. The second-order valence-corrected chi connectivity index (χ2v) is 22.4. The van der Waals surface area contributed by atoms with Gasteiger partial charge in [0.15, 0.2) is 0 Å². The van der Waals surface area contributed by atoms with E-state index in [0.717, 1.165) is 0 Å². The Morgan fingerprint density at radius 3 is 0.231 bits per heavy atom. The van der Waals surface area contributed by atoms with Gasteiger partial charge in [0, 0.05) is 538 Å². The van der Waals surface area contributed by atoms with E-state index in [1.807, 2.05) is 0 Å². The van der Waals surface area contributed by atoms with Gasteiger partial charge in [-0.15, -0.1) is 0 Å². The van der Waals surface area contributed by atoms with Crippen molar-refractivity contribution in [2.45, 2.75) is 0 Å². The van der Waals surface area contributed by atoms with Gasteiger partial charge in [0.1, 0.15) is 5.77 Å². The van der Waals surface area contributed by atoms with E-state index in [0.29, 0.717) is 0 Å². The van der Waals surface area contributed by atoms with E-state index in [4.69, 9.17) is 314 Å². The number of hydrogen-bond acceptors (Lipinski definition) is 1. The summed E-state index contributed by atoms with van der Waals surface area (Å²) in [7, 11) is 267. The molecule has 0 aromatic heterocycles. The number of hydrogen-bond donors (Lipinski definition) is 1. The molecule has 0 aliphatic heterocycles. The van der Waals surface area contributed by atoms with Crippen molar-refractivity contribution in [2.75, 3.05) is 0 Å². The van der Waals surface area contributed by atoms with Crippen LogP contribution in [0.5, 0.6) is 0 Å². The lowest BCUT2D eigenvalue weighted by Gasteiger charge is -2.61. The molecule has 0 amide bonds. The zero-order chi connectivity index (χ0) is 61.9. The standard InChI is InChI=1S/B77HS/c1-40(2)60(41(3)4)70(61(42(5)6)43(7)8)75(71(62(44(9)10)45(11)12)63(46(13)14)47(15)16)77(73(66(52(25)26)53(27)28)67(54(29)30)55(31)32)76(72(64(48(17)18)49(19)20)65(50(21)22)51(23)24)74(68(56(33)34)57(35)36)69(58(37)38)59(39)78/h78H. The Balaban J connectivity index is 12.5. The molecule has 0 bridgehead atoms. The summed E-state index contributed by atoms with van der Waals surface area (Å²) in [4.78, 5) is 0. The first-order valence-electron chi connectivity index (χ1n) is 25.6. The highest BCUT2D eigenvalue weighted by Crippen LogP contribution is 2.28. The van der Waals surface area contributed by atoms with E-state index in [9.17, 15) is 0 Å². The van der Waals surface area contributed by atoms with Crippen molar-refractivity contribution in [3.05, 3.63) is 0 Å². The van der Waals surface area contributed by atoms with Gasteiger partial charge in [0.2, 0.25) is 0 Å². The topological polar surface area (TPSA) is 0 Å². The largest absolute Gasteiger partial charge is 0.248 e. The lowest BCUT2D eigenvalue weighted by Crippen LogP contribution is -2.99. The molecule has 0 nitrogen and oxygen atoms in total. The van der Waals surface area contributed by atoms with Gasteiger partial charge in [-0.1, -0.05) is 0 Å². The summed E-state index contributed by atoms with van der Waals surface area (Å²) >= 11 is 4.78. The van der Waals surface area contributed by atoms with Crippen molar-refractivity contribution in [3.8, 4) is 0 Å². The van der Waals surface area contributed by atoms with Gasteiger partial charge in [0.05, 0.1) is 0 Å². The molecule has 0 rings (SSSR count). The zero-order valence-corrected chi connectivity index (χ0v) is 45.8. The summed E-state index contributed by atoms with van der Waals surface area (Å²) in [6.45, 7) is 0. The minimum Gasteiger partial charge on any atom is -0.248 e. The van der Waals surface area contributed by atoms with Gasteiger partial charge >= 0.3 is 0 Å². The predicted molar refractivity (Wildman–Crippen MR) is 452 cm³/mol. The minimum atomic E-state index is -1.87. The fraction of sp³-hybridized carbons (Fsp3) is 0. The van der Waals surface area contributed by atoms with Crippen molar-refractivity contribution in [3.63, 3.8) is 0 Å². The molecule has 0 fully saturated rings. The molecular weight excluding hydrogens is 865 g/mol. The normalized spacial score (nSPS) is 9.81. The molecule has 0 aliphatic carbocycles. The number of rotatable bonds is 37. The van der Waals surface area contributed by atoms with Gasteiger partial charge in [-0.05, 0) is 0 Å². The summed E-state index contributed by atoms with van der Waals surface area (Å²) in [5, 5.41) is 0. The molecule has 0 saturated carbocycles. The Morgan fingerprint density at radius 1 is 0.103 bits per heavy atom. The van der Waals surface area contributed by atoms with Crippen molar-refractivity contribution < 1.29 is 0 Å². The van der Waals surface area contributed by atoms with E-state index >= 15 is 0 Å². The van der Waals surface area contributed by atoms with E-state index in [1.165, 1.54) is 0 Å². The average Bonchev–Trinajstić information content (AvgIpc) is 3.20. The molecule has 0 unspecified atom stereocenters. The fourth-order valence-corrected chi connectivity index (χ4v) is 14.2. The molecule has 0 N–H and O–H groups in total. The number of thiol groups is 1. The average molecular weight is 866 g/mol. The quantitative estimate of drug-likeness (QED) is 0.0467. The molecule has 0 spiro atoms. The molecule has 0 atom stereocenters. The first-order valence-corrected chi connectivity index (χ1v) is 26.1. The molecule has 78 radical (unpaired) electrons. The molecule has 0 aliphatic rings. The van der Waals surface area contributed by atoms with E-state index in [1.54, 1.807) is 0 Å². The molecule has 78 heavy (non-hydrogen) atoms. The van der Waals surface area contributed by atoms with Gasteiger partial charge in [-0.25, -0.2) is 12.5 Å². The van der Waals surface area contributed by atoms with Crippen LogP contribution in [0.2, 0.25) is 0 Å². The van der Waals surface area contributed by atoms with Gasteiger partial charge in [-0.3, -0.25) is 0 Å². The van der Waals surface area contributed by atoms with Crippen LogP contribution < -0.4 is 0 Å². The maximum Gasteiger partial charge on any atom is 0.107 e. The predicted octanol–water partition coefficient (Wildman–Crippen LogP) is -28.9. The summed E-state index contributed by atoms with van der Waals surface area (Å²) in [5.74, 6) is -1.46. The van der Waals surface area contributed by atoms with Crippen molar-refractivity contribution in [2.24, 2.45) is 0 Å². The van der Waals surface area contributed by atoms with Crippen LogP contribution in [0.3, 0.4) is 0 Å². The van der Waals surface area contributed by atoms with Gasteiger partial charge < -0.3 is 0 Å². The van der Waals surface area contributed by atoms with Crippen LogP contribution in [0, 0.1) is 0 Å². The highest BCUT2D eigenvalue weighted by atomic mass is 32.1. The Labute approximate surface area is 550 Å². The van der Waals surface area contributed by atoms with Crippen molar-refractivity contribution in [1.29, 1.82) is 0 Å². The maximum atomic E-state index is 6.92. The molecule has 78 heteroatoms. The second kappa shape index (κ2) is 38.3. The summed E-state index contributed by atoms with van der Waals surface area (Å²) in [6, 6.07) is 0. The third-order valence-electron chi connectivity index (χ3n) is 16.4. The third kappa shape index (κ3) is 22.3. The van der Waals surface area contributed by atoms with Crippen LogP contribution in [0.4, 0.5) is 0 Å². The van der Waals surface area contributed by atoms with Gasteiger partial charge in [-0.2, -0.15) is 0 Å². The van der Waals surface area contributed by atoms with Crippen LogP contribution in [-0.2, 0) is 0 Å². The van der Waals surface area contributed by atoms with Gasteiger partial charge in [0.25, 0.3) is 0 Å². The first kappa shape index (κ1) is 83.3. The van der Waals surface area contributed by atoms with E-state index in [2.05, 4.69) is 0 Å². The molecule has 0 saturated heterocycles. The highest BCUT2D eigenvalue weighted by Gasteiger charge is 2.66. The van der Waals surface area contributed by atoms with Crippen LogP contribution in [0.1, 0.15) is 0 Å². The second-order valence-electron chi connectivity index (χ2n) is 21.9. The van der Waals surface area contributed by atoms with Crippen LogP contribution in [-0.4, -0.2) is 544 Å². The third-order valence-corrected chi connectivity index (χ3v) is 16.7. The zero-order valence-electron chi connectivity index (χ0n) is 44.9. The monoisotopic (exact) mass is 881 g/mol. The van der Waals surface area contributed by atoms with Crippen LogP contribution in [0.15, 0.2) is 0 Å². The lowest BCUT2D eigenvalue weighted by molar-refractivity contribution is 3.14. The molecule has 0 aromatic carbocycles. The van der Waals surface area contributed by atoms with Crippen molar-refractivity contribution in [1.82, 2.24) is 0 Å². The summed E-state index contributed by atoms with van der Waals surface area (Å²) in [6.07, 6.45) is -60.8.